The lowest BCUT2D eigenvalue weighted by Gasteiger charge is -2.40. The van der Waals surface area contributed by atoms with E-state index in [0.717, 1.165) is 31.0 Å². The molecule has 2 aliphatic rings. The number of aryl methyl sites for hydroxylation is 1. The summed E-state index contributed by atoms with van der Waals surface area (Å²) in [5.74, 6) is 0.0457. The van der Waals surface area contributed by atoms with Crippen LogP contribution in [-0.4, -0.2) is 58.3 Å². The van der Waals surface area contributed by atoms with Gasteiger partial charge in [-0.15, -0.1) is 5.10 Å². The number of rotatable bonds is 7. The van der Waals surface area contributed by atoms with Crippen LogP contribution in [0.2, 0.25) is 0 Å². The number of hydrogen-bond acceptors (Lipinski definition) is 5. The number of unbranched alkanes of at least 4 members (excludes halogenated alkanes) is 1. The minimum atomic E-state index is -0.361. The normalized spacial score (nSPS) is 19.9. The lowest BCUT2D eigenvalue weighted by molar-refractivity contribution is 0.0780. The van der Waals surface area contributed by atoms with E-state index >= 15 is 0 Å². The molecule has 0 unspecified atom stereocenters. The standard InChI is InChI=1S/C22H32N4O2/c27-22-26(23-21(28-22)19-9-3-1-4-10-19)14-8-7-13-24-15-17-25(18-16-24)20-11-5-2-6-12-20/h1,3-4,9-10,20H,2,5-8,11-18H2. The maximum atomic E-state index is 12.0. The van der Waals surface area contributed by atoms with Crippen LogP contribution in [0.25, 0.3) is 11.5 Å². The average molecular weight is 385 g/mol. The Kier molecular flexibility index (Phi) is 6.60. The van der Waals surface area contributed by atoms with E-state index in [0.29, 0.717) is 12.4 Å². The average Bonchev–Trinajstić information content (AvgIpc) is 3.13. The van der Waals surface area contributed by atoms with Gasteiger partial charge in [-0.2, -0.15) is 4.68 Å². The Hall–Kier alpha value is -1.92. The summed E-state index contributed by atoms with van der Waals surface area (Å²) in [5, 5.41) is 4.34. The molecule has 1 aliphatic carbocycles. The van der Waals surface area contributed by atoms with Crippen LogP contribution < -0.4 is 5.76 Å². The third-order valence-corrected chi connectivity index (χ3v) is 6.22. The van der Waals surface area contributed by atoms with Gasteiger partial charge in [-0.05, 0) is 44.4 Å². The van der Waals surface area contributed by atoms with Crippen molar-refractivity contribution < 1.29 is 4.42 Å². The molecule has 2 aromatic rings. The second-order valence-corrected chi connectivity index (χ2v) is 8.14. The minimum Gasteiger partial charge on any atom is -0.388 e. The largest absolute Gasteiger partial charge is 0.437 e. The van der Waals surface area contributed by atoms with Gasteiger partial charge in [0.05, 0.1) is 0 Å². The first-order chi connectivity index (χ1) is 13.8. The number of aromatic nitrogens is 2. The highest BCUT2D eigenvalue weighted by Gasteiger charge is 2.24. The summed E-state index contributed by atoms with van der Waals surface area (Å²) in [5.41, 5.74) is 0.842. The van der Waals surface area contributed by atoms with Crippen LogP contribution in [0.5, 0.6) is 0 Å². The molecule has 4 rings (SSSR count). The first kappa shape index (κ1) is 19.4. The summed E-state index contributed by atoms with van der Waals surface area (Å²) >= 11 is 0. The van der Waals surface area contributed by atoms with Crippen molar-refractivity contribution in [2.75, 3.05) is 32.7 Å². The molecule has 1 saturated heterocycles. The van der Waals surface area contributed by atoms with E-state index < -0.39 is 0 Å². The van der Waals surface area contributed by atoms with Crippen molar-refractivity contribution in [3.05, 3.63) is 40.9 Å². The molecule has 28 heavy (non-hydrogen) atoms. The Morgan fingerprint density at radius 1 is 0.929 bits per heavy atom. The fraction of sp³-hybridized carbons (Fsp3) is 0.636. The SMILES string of the molecule is O=c1oc(-c2ccccc2)nn1CCCCN1CCN(C2CCCCC2)CC1. The van der Waals surface area contributed by atoms with Crippen LogP contribution in [0.1, 0.15) is 44.9 Å². The number of hydrogen-bond donors (Lipinski definition) is 0. The van der Waals surface area contributed by atoms with Gasteiger partial charge >= 0.3 is 5.76 Å². The van der Waals surface area contributed by atoms with E-state index in [2.05, 4.69) is 14.9 Å². The third kappa shape index (κ3) is 4.92. The van der Waals surface area contributed by atoms with Crippen LogP contribution >= 0.6 is 0 Å². The van der Waals surface area contributed by atoms with Gasteiger partial charge < -0.3 is 9.32 Å². The van der Waals surface area contributed by atoms with Crippen molar-refractivity contribution in [3.8, 4) is 11.5 Å². The maximum absolute atomic E-state index is 12.0. The maximum Gasteiger partial charge on any atom is 0.437 e. The van der Waals surface area contributed by atoms with E-state index in [9.17, 15) is 4.79 Å². The van der Waals surface area contributed by atoms with Gasteiger partial charge in [0.15, 0.2) is 0 Å². The van der Waals surface area contributed by atoms with Crippen LogP contribution in [0, 0.1) is 0 Å². The van der Waals surface area contributed by atoms with E-state index in [-0.39, 0.29) is 5.76 Å². The lowest BCUT2D eigenvalue weighted by atomic mass is 9.94. The first-order valence-electron chi connectivity index (χ1n) is 10.9. The zero-order valence-electron chi connectivity index (χ0n) is 16.8. The van der Waals surface area contributed by atoms with Gasteiger partial charge in [0.25, 0.3) is 0 Å². The molecular formula is C22H32N4O2. The molecule has 0 bridgehead atoms. The Bertz CT molecular complexity index is 771. The highest BCUT2D eigenvalue weighted by Crippen LogP contribution is 2.23. The third-order valence-electron chi connectivity index (χ3n) is 6.22. The molecule has 0 atom stereocenters. The quantitative estimate of drug-likeness (QED) is 0.686. The molecule has 152 valence electrons. The second-order valence-electron chi connectivity index (χ2n) is 8.14. The Balaban J connectivity index is 1.18. The van der Waals surface area contributed by atoms with Gasteiger partial charge in [0, 0.05) is 44.3 Å². The Morgan fingerprint density at radius 2 is 1.64 bits per heavy atom. The first-order valence-corrected chi connectivity index (χ1v) is 10.9. The summed E-state index contributed by atoms with van der Waals surface area (Å²) < 4.78 is 6.76. The molecule has 0 spiro atoms. The zero-order valence-corrected chi connectivity index (χ0v) is 16.8. The van der Waals surface area contributed by atoms with Crippen molar-refractivity contribution >= 4 is 0 Å². The van der Waals surface area contributed by atoms with E-state index in [4.69, 9.17) is 4.42 Å². The van der Waals surface area contributed by atoms with Crippen molar-refractivity contribution in [3.63, 3.8) is 0 Å². The van der Waals surface area contributed by atoms with Gasteiger partial charge in [-0.1, -0.05) is 37.5 Å². The van der Waals surface area contributed by atoms with Gasteiger partial charge in [-0.25, -0.2) is 4.79 Å². The fourth-order valence-corrected chi connectivity index (χ4v) is 4.54. The zero-order chi connectivity index (χ0) is 19.2. The van der Waals surface area contributed by atoms with Crippen molar-refractivity contribution in [1.82, 2.24) is 19.6 Å². The van der Waals surface area contributed by atoms with Crippen molar-refractivity contribution in [2.24, 2.45) is 0 Å². The minimum absolute atomic E-state index is 0.361. The van der Waals surface area contributed by atoms with Gasteiger partial charge in [-0.3, -0.25) is 4.90 Å². The molecule has 6 heteroatoms. The fourth-order valence-electron chi connectivity index (χ4n) is 4.54. The van der Waals surface area contributed by atoms with E-state index in [1.54, 1.807) is 0 Å². The molecule has 0 N–H and O–H groups in total. The molecule has 2 heterocycles. The predicted molar refractivity (Wildman–Crippen MR) is 110 cm³/mol. The summed E-state index contributed by atoms with van der Waals surface area (Å²) in [6, 6.07) is 10.4. The highest BCUT2D eigenvalue weighted by atomic mass is 16.4. The van der Waals surface area contributed by atoms with E-state index in [1.807, 2.05) is 30.3 Å². The molecule has 1 saturated carbocycles. The van der Waals surface area contributed by atoms with Crippen molar-refractivity contribution in [1.29, 1.82) is 0 Å². The molecule has 0 amide bonds. The highest BCUT2D eigenvalue weighted by molar-refractivity contribution is 5.51. The van der Waals surface area contributed by atoms with Crippen LogP contribution in [-0.2, 0) is 6.54 Å². The number of nitrogens with zero attached hydrogens (tertiary/aromatic N) is 4. The summed E-state index contributed by atoms with van der Waals surface area (Å²) in [4.78, 5) is 17.3. The lowest BCUT2D eigenvalue weighted by Crippen LogP contribution is -2.50. The van der Waals surface area contributed by atoms with E-state index in [1.165, 1.54) is 63.0 Å². The Labute approximate surface area is 167 Å². The molecule has 1 aromatic carbocycles. The number of piperazine rings is 1. The van der Waals surface area contributed by atoms with Crippen LogP contribution in [0.3, 0.4) is 0 Å². The summed E-state index contributed by atoms with van der Waals surface area (Å²) in [6.45, 7) is 6.52. The Morgan fingerprint density at radius 3 is 2.39 bits per heavy atom. The summed E-state index contributed by atoms with van der Waals surface area (Å²) in [7, 11) is 0. The monoisotopic (exact) mass is 384 g/mol. The van der Waals surface area contributed by atoms with Crippen molar-refractivity contribution in [2.45, 2.75) is 57.5 Å². The predicted octanol–water partition coefficient (Wildman–Crippen LogP) is 3.23. The molecule has 1 aliphatic heterocycles. The molecule has 0 radical (unpaired) electrons. The second kappa shape index (κ2) is 9.52. The smallest absolute Gasteiger partial charge is 0.388 e. The topological polar surface area (TPSA) is 54.5 Å². The number of benzene rings is 1. The molecule has 1 aromatic heterocycles. The van der Waals surface area contributed by atoms with Gasteiger partial charge in [0.2, 0.25) is 5.89 Å². The van der Waals surface area contributed by atoms with Crippen LogP contribution in [0.15, 0.2) is 39.5 Å². The van der Waals surface area contributed by atoms with Gasteiger partial charge in [0.1, 0.15) is 0 Å². The summed E-state index contributed by atoms with van der Waals surface area (Å²) in [6.07, 6.45) is 9.09. The molecule has 2 fully saturated rings. The molecule has 6 nitrogen and oxygen atoms in total. The van der Waals surface area contributed by atoms with Crippen LogP contribution in [0.4, 0.5) is 0 Å². The molecular weight excluding hydrogens is 352 g/mol.